The highest BCUT2D eigenvalue weighted by Crippen LogP contribution is 2.19. The van der Waals surface area contributed by atoms with Gasteiger partial charge in [-0.25, -0.2) is 0 Å². The standard InChI is InChI=1S/C17H17BrN2O3/c1-11-8-13(18)6-7-15(11)20-17(22)16(21)19-10-12-4-3-5-14(9-12)23-2/h3-9H,10H2,1-2H3,(H,19,21)(H,20,22). The first kappa shape index (κ1) is 17.0. The number of nitrogens with one attached hydrogen (secondary N) is 2. The highest BCUT2D eigenvalue weighted by atomic mass is 79.9. The molecule has 2 aromatic carbocycles. The number of hydrogen-bond donors (Lipinski definition) is 2. The average molecular weight is 377 g/mol. The van der Waals surface area contributed by atoms with Crippen molar-refractivity contribution in [2.75, 3.05) is 12.4 Å². The van der Waals surface area contributed by atoms with Crippen LogP contribution in [0.5, 0.6) is 5.75 Å². The number of benzene rings is 2. The highest BCUT2D eigenvalue weighted by Gasteiger charge is 2.14. The van der Waals surface area contributed by atoms with Crippen LogP contribution < -0.4 is 15.4 Å². The monoisotopic (exact) mass is 376 g/mol. The zero-order valence-corrected chi connectivity index (χ0v) is 14.4. The van der Waals surface area contributed by atoms with Crippen molar-refractivity contribution in [3.8, 4) is 5.75 Å². The van der Waals surface area contributed by atoms with Crippen molar-refractivity contribution in [1.82, 2.24) is 5.32 Å². The van der Waals surface area contributed by atoms with Crippen molar-refractivity contribution in [3.05, 3.63) is 58.1 Å². The van der Waals surface area contributed by atoms with Crippen molar-refractivity contribution >= 4 is 33.4 Å². The predicted molar refractivity (Wildman–Crippen MR) is 92.3 cm³/mol. The third kappa shape index (κ3) is 4.82. The molecule has 0 saturated carbocycles. The van der Waals surface area contributed by atoms with E-state index in [1.54, 1.807) is 25.3 Å². The molecule has 0 heterocycles. The maximum Gasteiger partial charge on any atom is 0.313 e. The van der Waals surface area contributed by atoms with Gasteiger partial charge >= 0.3 is 11.8 Å². The van der Waals surface area contributed by atoms with Crippen molar-refractivity contribution in [2.24, 2.45) is 0 Å². The third-order valence-electron chi connectivity index (χ3n) is 3.23. The third-order valence-corrected chi connectivity index (χ3v) is 3.72. The van der Waals surface area contributed by atoms with Gasteiger partial charge in [0, 0.05) is 16.7 Å². The zero-order chi connectivity index (χ0) is 16.8. The maximum atomic E-state index is 11.9. The molecule has 2 amide bonds. The van der Waals surface area contributed by atoms with Gasteiger partial charge in [0.2, 0.25) is 0 Å². The van der Waals surface area contributed by atoms with Gasteiger partial charge in [-0.1, -0.05) is 28.1 Å². The molecule has 2 rings (SSSR count). The molecule has 0 bridgehead atoms. The molecule has 0 aliphatic heterocycles. The zero-order valence-electron chi connectivity index (χ0n) is 12.9. The number of hydrogen-bond acceptors (Lipinski definition) is 3. The summed E-state index contributed by atoms with van der Waals surface area (Å²) in [5.74, 6) is -0.680. The Balaban J connectivity index is 1.93. The number of carbonyl (C=O) groups excluding carboxylic acids is 2. The van der Waals surface area contributed by atoms with Crippen LogP contribution in [0.4, 0.5) is 5.69 Å². The van der Waals surface area contributed by atoms with Gasteiger partial charge < -0.3 is 15.4 Å². The van der Waals surface area contributed by atoms with Gasteiger partial charge in [0.25, 0.3) is 0 Å². The van der Waals surface area contributed by atoms with Crippen LogP contribution in [0.15, 0.2) is 46.9 Å². The summed E-state index contributed by atoms with van der Waals surface area (Å²) in [6.45, 7) is 2.11. The van der Waals surface area contributed by atoms with E-state index in [2.05, 4.69) is 26.6 Å². The number of rotatable bonds is 4. The molecule has 0 unspecified atom stereocenters. The Morgan fingerprint density at radius 2 is 1.91 bits per heavy atom. The van der Waals surface area contributed by atoms with E-state index in [0.29, 0.717) is 11.4 Å². The summed E-state index contributed by atoms with van der Waals surface area (Å²) in [5.41, 5.74) is 2.33. The van der Waals surface area contributed by atoms with Gasteiger partial charge in [0.05, 0.1) is 7.11 Å². The second-order valence-electron chi connectivity index (χ2n) is 4.95. The Bertz CT molecular complexity index is 732. The number of halogens is 1. The molecular weight excluding hydrogens is 360 g/mol. The molecule has 0 atom stereocenters. The van der Waals surface area contributed by atoms with Crippen LogP contribution in [0.3, 0.4) is 0 Å². The van der Waals surface area contributed by atoms with Crippen molar-refractivity contribution in [3.63, 3.8) is 0 Å². The molecule has 6 heteroatoms. The first-order valence-corrected chi connectivity index (χ1v) is 7.77. The molecule has 0 saturated heterocycles. The van der Waals surface area contributed by atoms with Crippen molar-refractivity contribution in [1.29, 1.82) is 0 Å². The maximum absolute atomic E-state index is 11.9. The Morgan fingerprint density at radius 3 is 2.61 bits per heavy atom. The molecule has 0 radical (unpaired) electrons. The van der Waals surface area contributed by atoms with E-state index in [4.69, 9.17) is 4.74 Å². The molecule has 0 aromatic heterocycles. The second-order valence-corrected chi connectivity index (χ2v) is 5.86. The summed E-state index contributed by atoms with van der Waals surface area (Å²) in [4.78, 5) is 23.8. The first-order chi connectivity index (χ1) is 11.0. The number of carbonyl (C=O) groups is 2. The number of methoxy groups -OCH3 is 1. The topological polar surface area (TPSA) is 67.4 Å². The number of ether oxygens (including phenoxy) is 1. The fraction of sp³-hybridized carbons (Fsp3) is 0.176. The molecule has 0 fully saturated rings. The van der Waals surface area contributed by atoms with E-state index in [9.17, 15) is 9.59 Å². The summed E-state index contributed by atoms with van der Waals surface area (Å²) < 4.78 is 6.03. The first-order valence-electron chi connectivity index (χ1n) is 6.98. The Kier molecular flexibility index (Phi) is 5.76. The van der Waals surface area contributed by atoms with Crippen LogP contribution in [0, 0.1) is 6.92 Å². The molecule has 120 valence electrons. The molecule has 0 aliphatic rings. The predicted octanol–water partition coefficient (Wildman–Crippen LogP) is 3.02. The summed E-state index contributed by atoms with van der Waals surface area (Å²) in [6.07, 6.45) is 0. The summed E-state index contributed by atoms with van der Waals surface area (Å²) >= 11 is 3.35. The molecule has 2 aromatic rings. The second kappa shape index (κ2) is 7.78. The molecule has 2 N–H and O–H groups in total. The number of amides is 2. The van der Waals surface area contributed by atoms with Crippen molar-refractivity contribution < 1.29 is 14.3 Å². The Hall–Kier alpha value is -2.34. The average Bonchev–Trinajstić information content (AvgIpc) is 2.55. The normalized spacial score (nSPS) is 10.0. The van der Waals surface area contributed by atoms with Crippen LogP contribution in [0.2, 0.25) is 0 Å². The Labute approximate surface area is 143 Å². The van der Waals surface area contributed by atoms with Gasteiger partial charge in [-0.2, -0.15) is 0 Å². The van der Waals surface area contributed by atoms with E-state index in [0.717, 1.165) is 15.6 Å². The minimum atomic E-state index is -0.696. The largest absolute Gasteiger partial charge is 0.497 e. The van der Waals surface area contributed by atoms with Crippen LogP contribution in [-0.4, -0.2) is 18.9 Å². The lowest BCUT2D eigenvalue weighted by Crippen LogP contribution is -2.35. The van der Waals surface area contributed by atoms with Gasteiger partial charge in [0.15, 0.2) is 0 Å². The fourth-order valence-corrected chi connectivity index (χ4v) is 2.47. The molecule has 23 heavy (non-hydrogen) atoms. The summed E-state index contributed by atoms with van der Waals surface area (Å²) in [6, 6.07) is 12.7. The number of aryl methyl sites for hydroxylation is 1. The smallest absolute Gasteiger partial charge is 0.313 e. The van der Waals surface area contributed by atoms with E-state index >= 15 is 0 Å². The van der Waals surface area contributed by atoms with Gasteiger partial charge in [0.1, 0.15) is 5.75 Å². The molecule has 0 aliphatic carbocycles. The minimum Gasteiger partial charge on any atom is -0.497 e. The van der Waals surface area contributed by atoms with Gasteiger partial charge in [-0.3, -0.25) is 9.59 Å². The lowest BCUT2D eigenvalue weighted by atomic mass is 10.2. The highest BCUT2D eigenvalue weighted by molar-refractivity contribution is 9.10. The Morgan fingerprint density at radius 1 is 1.13 bits per heavy atom. The van der Waals surface area contributed by atoms with Gasteiger partial charge in [-0.05, 0) is 48.4 Å². The quantitative estimate of drug-likeness (QED) is 0.805. The van der Waals surface area contributed by atoms with Crippen LogP contribution >= 0.6 is 15.9 Å². The SMILES string of the molecule is COc1cccc(CNC(=O)C(=O)Nc2ccc(Br)cc2C)c1. The summed E-state index contributed by atoms with van der Waals surface area (Å²) in [5, 5.41) is 5.18. The molecular formula is C17H17BrN2O3. The van der Waals surface area contributed by atoms with Gasteiger partial charge in [-0.15, -0.1) is 0 Å². The van der Waals surface area contributed by atoms with E-state index in [1.165, 1.54) is 0 Å². The molecule has 5 nitrogen and oxygen atoms in total. The summed E-state index contributed by atoms with van der Waals surface area (Å²) in [7, 11) is 1.58. The number of anilines is 1. The van der Waals surface area contributed by atoms with Crippen LogP contribution in [-0.2, 0) is 16.1 Å². The minimum absolute atomic E-state index is 0.253. The van der Waals surface area contributed by atoms with E-state index < -0.39 is 11.8 Å². The van der Waals surface area contributed by atoms with Crippen LogP contribution in [0.25, 0.3) is 0 Å². The lowest BCUT2D eigenvalue weighted by molar-refractivity contribution is -0.136. The molecule has 0 spiro atoms. The lowest BCUT2D eigenvalue weighted by Gasteiger charge is -2.09. The van der Waals surface area contributed by atoms with E-state index in [1.807, 2.05) is 31.2 Å². The van der Waals surface area contributed by atoms with E-state index in [-0.39, 0.29) is 6.54 Å². The fourth-order valence-electron chi connectivity index (χ4n) is 1.99. The van der Waals surface area contributed by atoms with Crippen molar-refractivity contribution in [2.45, 2.75) is 13.5 Å². The van der Waals surface area contributed by atoms with Crippen LogP contribution in [0.1, 0.15) is 11.1 Å².